The van der Waals surface area contributed by atoms with E-state index in [9.17, 15) is 18.4 Å². The zero-order chi connectivity index (χ0) is 18.7. The lowest BCUT2D eigenvalue weighted by molar-refractivity contribution is -0.137. The zero-order valence-corrected chi connectivity index (χ0v) is 14.1. The molecule has 0 heterocycles. The maximum atomic E-state index is 14.2. The smallest absolute Gasteiger partial charge is 0.303 e. The van der Waals surface area contributed by atoms with Crippen LogP contribution in [-0.2, 0) is 21.4 Å². The highest BCUT2D eigenvalue weighted by Crippen LogP contribution is 2.45. The monoisotopic (exact) mass is 359 g/mol. The first-order valence-corrected chi connectivity index (χ1v) is 8.48. The van der Waals surface area contributed by atoms with Gasteiger partial charge in [0.2, 0.25) is 5.91 Å². The summed E-state index contributed by atoms with van der Waals surface area (Å²) in [6.07, 6.45) is 2.15. The fourth-order valence-electron chi connectivity index (χ4n) is 3.33. The SMILES string of the molecule is O=C(O)CCc1cccc(NC(=O)C2(c3ccc(F)cc3F)CCC2)c1. The first-order chi connectivity index (χ1) is 12.4. The van der Waals surface area contributed by atoms with Crippen LogP contribution in [0.15, 0.2) is 42.5 Å². The number of aliphatic carboxylic acids is 1. The third-order valence-corrected chi connectivity index (χ3v) is 4.90. The van der Waals surface area contributed by atoms with E-state index in [1.807, 2.05) is 0 Å². The Morgan fingerprint density at radius 2 is 1.88 bits per heavy atom. The second-order valence-corrected chi connectivity index (χ2v) is 6.61. The van der Waals surface area contributed by atoms with Crippen LogP contribution in [0.5, 0.6) is 0 Å². The summed E-state index contributed by atoms with van der Waals surface area (Å²) in [7, 11) is 0. The maximum absolute atomic E-state index is 14.2. The minimum atomic E-state index is -0.991. The van der Waals surface area contributed by atoms with Gasteiger partial charge in [0, 0.05) is 23.7 Å². The lowest BCUT2D eigenvalue weighted by Gasteiger charge is -2.40. The van der Waals surface area contributed by atoms with Crippen LogP contribution in [0.3, 0.4) is 0 Å². The number of nitrogens with one attached hydrogen (secondary N) is 1. The summed E-state index contributed by atoms with van der Waals surface area (Å²) in [5.74, 6) is -2.60. The van der Waals surface area contributed by atoms with Crippen molar-refractivity contribution in [2.45, 2.75) is 37.5 Å². The first-order valence-electron chi connectivity index (χ1n) is 8.48. The molecule has 2 N–H and O–H groups in total. The predicted octanol–water partition coefficient (Wildman–Crippen LogP) is 4.04. The van der Waals surface area contributed by atoms with Crippen molar-refractivity contribution < 1.29 is 23.5 Å². The molecule has 26 heavy (non-hydrogen) atoms. The largest absolute Gasteiger partial charge is 0.481 e. The van der Waals surface area contributed by atoms with Gasteiger partial charge in [0.25, 0.3) is 0 Å². The van der Waals surface area contributed by atoms with Crippen LogP contribution in [0.1, 0.15) is 36.8 Å². The Kier molecular flexibility index (Phi) is 5.02. The van der Waals surface area contributed by atoms with Gasteiger partial charge >= 0.3 is 5.97 Å². The van der Waals surface area contributed by atoms with Crippen LogP contribution in [0.4, 0.5) is 14.5 Å². The summed E-state index contributed by atoms with van der Waals surface area (Å²) in [5.41, 5.74) is 0.548. The molecule has 4 nitrogen and oxygen atoms in total. The van der Waals surface area contributed by atoms with E-state index in [-0.39, 0.29) is 17.9 Å². The molecule has 0 radical (unpaired) electrons. The first kappa shape index (κ1) is 18.0. The number of benzene rings is 2. The molecule has 2 aromatic carbocycles. The summed E-state index contributed by atoms with van der Waals surface area (Å²) >= 11 is 0. The van der Waals surface area contributed by atoms with Crippen molar-refractivity contribution in [2.24, 2.45) is 0 Å². The number of rotatable bonds is 6. The number of amides is 1. The Morgan fingerprint density at radius 1 is 1.12 bits per heavy atom. The summed E-state index contributed by atoms with van der Waals surface area (Å²) in [4.78, 5) is 23.6. The fourth-order valence-corrected chi connectivity index (χ4v) is 3.33. The molecular formula is C20H19F2NO3. The van der Waals surface area contributed by atoms with E-state index in [0.29, 0.717) is 24.9 Å². The lowest BCUT2D eigenvalue weighted by Crippen LogP contribution is -2.46. The van der Waals surface area contributed by atoms with Crippen LogP contribution in [0, 0.1) is 11.6 Å². The molecule has 2 aromatic rings. The van der Waals surface area contributed by atoms with E-state index < -0.39 is 23.0 Å². The number of hydrogen-bond acceptors (Lipinski definition) is 2. The van der Waals surface area contributed by atoms with Crippen molar-refractivity contribution in [3.05, 3.63) is 65.2 Å². The van der Waals surface area contributed by atoms with E-state index >= 15 is 0 Å². The van der Waals surface area contributed by atoms with Crippen molar-refractivity contribution in [3.63, 3.8) is 0 Å². The molecule has 0 aromatic heterocycles. The van der Waals surface area contributed by atoms with Gasteiger partial charge in [-0.25, -0.2) is 8.78 Å². The fraction of sp³-hybridized carbons (Fsp3) is 0.300. The van der Waals surface area contributed by atoms with Gasteiger partial charge in [-0.3, -0.25) is 9.59 Å². The highest BCUT2D eigenvalue weighted by Gasteiger charge is 2.47. The summed E-state index contributed by atoms with van der Waals surface area (Å²) in [6.45, 7) is 0. The summed E-state index contributed by atoms with van der Waals surface area (Å²) in [6, 6.07) is 10.3. The Morgan fingerprint density at radius 3 is 2.50 bits per heavy atom. The molecule has 0 saturated heterocycles. The van der Waals surface area contributed by atoms with Crippen LogP contribution in [0.25, 0.3) is 0 Å². The number of hydrogen-bond donors (Lipinski definition) is 2. The minimum absolute atomic E-state index is 0.00211. The molecule has 6 heteroatoms. The zero-order valence-electron chi connectivity index (χ0n) is 14.1. The number of carbonyl (C=O) groups excluding carboxylic acids is 1. The van der Waals surface area contributed by atoms with E-state index in [1.54, 1.807) is 24.3 Å². The Bertz CT molecular complexity index is 847. The van der Waals surface area contributed by atoms with Crippen molar-refractivity contribution in [2.75, 3.05) is 5.32 Å². The van der Waals surface area contributed by atoms with E-state index in [0.717, 1.165) is 24.1 Å². The molecule has 0 atom stereocenters. The van der Waals surface area contributed by atoms with Gasteiger partial charge in [-0.2, -0.15) is 0 Å². The highest BCUT2D eigenvalue weighted by atomic mass is 19.1. The number of anilines is 1. The Balaban J connectivity index is 1.80. The molecular weight excluding hydrogens is 340 g/mol. The second-order valence-electron chi connectivity index (χ2n) is 6.61. The normalized spacial score (nSPS) is 15.2. The van der Waals surface area contributed by atoms with Gasteiger partial charge in [0.1, 0.15) is 11.6 Å². The second kappa shape index (κ2) is 7.23. The number of aryl methyl sites for hydroxylation is 1. The Hall–Kier alpha value is -2.76. The van der Waals surface area contributed by atoms with E-state index in [2.05, 4.69) is 5.32 Å². The topological polar surface area (TPSA) is 66.4 Å². The third-order valence-electron chi connectivity index (χ3n) is 4.90. The molecule has 0 unspecified atom stereocenters. The number of carboxylic acids is 1. The molecule has 1 aliphatic carbocycles. The van der Waals surface area contributed by atoms with Gasteiger partial charge in [-0.15, -0.1) is 0 Å². The highest BCUT2D eigenvalue weighted by molar-refractivity contribution is 6.00. The van der Waals surface area contributed by atoms with Crippen molar-refractivity contribution >= 4 is 17.6 Å². The van der Waals surface area contributed by atoms with Crippen LogP contribution < -0.4 is 5.32 Å². The van der Waals surface area contributed by atoms with Crippen LogP contribution in [-0.4, -0.2) is 17.0 Å². The molecule has 0 spiro atoms. The van der Waals surface area contributed by atoms with E-state index in [1.165, 1.54) is 6.07 Å². The molecule has 1 amide bonds. The van der Waals surface area contributed by atoms with Gasteiger partial charge in [0.05, 0.1) is 5.41 Å². The van der Waals surface area contributed by atoms with Gasteiger partial charge in [0.15, 0.2) is 0 Å². The van der Waals surface area contributed by atoms with Crippen LogP contribution in [0.2, 0.25) is 0 Å². The molecule has 1 saturated carbocycles. The number of carboxylic acid groups (broad SMARTS) is 1. The number of halogens is 2. The quantitative estimate of drug-likeness (QED) is 0.818. The van der Waals surface area contributed by atoms with Gasteiger partial charge in [-0.1, -0.05) is 24.6 Å². The average Bonchev–Trinajstić information content (AvgIpc) is 2.54. The molecule has 0 aliphatic heterocycles. The van der Waals surface area contributed by atoms with Gasteiger partial charge < -0.3 is 10.4 Å². The summed E-state index contributed by atoms with van der Waals surface area (Å²) in [5, 5.41) is 11.6. The molecule has 1 aliphatic rings. The summed E-state index contributed by atoms with van der Waals surface area (Å²) < 4.78 is 27.4. The van der Waals surface area contributed by atoms with Crippen LogP contribution >= 0.6 is 0 Å². The molecule has 1 fully saturated rings. The molecule has 0 bridgehead atoms. The molecule has 3 rings (SSSR count). The van der Waals surface area contributed by atoms with Crippen molar-refractivity contribution in [1.82, 2.24) is 0 Å². The van der Waals surface area contributed by atoms with E-state index in [4.69, 9.17) is 5.11 Å². The number of carbonyl (C=O) groups is 2. The van der Waals surface area contributed by atoms with Crippen molar-refractivity contribution in [3.8, 4) is 0 Å². The third kappa shape index (κ3) is 3.59. The minimum Gasteiger partial charge on any atom is -0.481 e. The van der Waals surface area contributed by atoms with Crippen molar-refractivity contribution in [1.29, 1.82) is 0 Å². The molecule has 136 valence electrons. The standard InChI is InChI=1S/C20H19F2NO3/c21-14-6-7-16(17(22)12-14)20(9-2-10-20)19(26)23-15-4-1-3-13(11-15)5-8-18(24)25/h1,3-4,6-7,11-12H,2,5,8-10H2,(H,23,26)(H,24,25). The Labute approximate surface area is 149 Å². The average molecular weight is 359 g/mol. The predicted molar refractivity (Wildman–Crippen MR) is 92.9 cm³/mol. The lowest BCUT2D eigenvalue weighted by atomic mass is 9.63. The maximum Gasteiger partial charge on any atom is 0.303 e. The van der Waals surface area contributed by atoms with Gasteiger partial charge in [-0.05, 0) is 43.0 Å².